The first kappa shape index (κ1) is 33.6. The molecule has 4 rings (SSSR count). The number of nitrogens with zero attached hydrogens (tertiary/aromatic N) is 1. The van der Waals surface area contributed by atoms with Crippen LogP contribution in [0, 0.1) is 0 Å². The van der Waals surface area contributed by atoms with Gasteiger partial charge in [-0.3, -0.25) is 9.59 Å². The third-order valence-corrected chi connectivity index (χ3v) is 7.68. The molecule has 3 aromatic rings. The van der Waals surface area contributed by atoms with Crippen LogP contribution in [0.25, 0.3) is 0 Å². The summed E-state index contributed by atoms with van der Waals surface area (Å²) in [5.74, 6) is -0.378. The Morgan fingerprint density at radius 3 is 1.89 bits per heavy atom. The van der Waals surface area contributed by atoms with Gasteiger partial charge in [-0.2, -0.15) is 0 Å². The molecular formula is C35H44N4O6. The molecule has 5 N–H and O–H groups in total. The zero-order valence-corrected chi connectivity index (χ0v) is 26.1. The van der Waals surface area contributed by atoms with E-state index in [9.17, 15) is 24.6 Å². The van der Waals surface area contributed by atoms with Gasteiger partial charge in [0.15, 0.2) is 0 Å². The zero-order chi connectivity index (χ0) is 32.4. The molecule has 5 atom stereocenters. The van der Waals surface area contributed by atoms with Crippen LogP contribution in [-0.2, 0) is 33.7 Å². The lowest BCUT2D eigenvalue weighted by Gasteiger charge is -2.29. The summed E-state index contributed by atoms with van der Waals surface area (Å²) in [7, 11) is 0. The van der Waals surface area contributed by atoms with Crippen LogP contribution in [0.5, 0.6) is 0 Å². The van der Waals surface area contributed by atoms with Gasteiger partial charge in [0, 0.05) is 19.6 Å². The SMILES string of the molecule is CC(C)(C)OC(=O)N[C@@H](Cc1ccccc1)[C@H](O)CNC[C@@H](O)[C@H](Cc1ccccc1)NC(=O)C1c2ccccc2CN1C=O. The Morgan fingerprint density at radius 1 is 0.844 bits per heavy atom. The quantitative estimate of drug-likeness (QED) is 0.176. The first-order chi connectivity index (χ1) is 21.5. The van der Waals surface area contributed by atoms with Crippen molar-refractivity contribution in [2.75, 3.05) is 13.1 Å². The van der Waals surface area contributed by atoms with Crippen LogP contribution in [0.2, 0.25) is 0 Å². The van der Waals surface area contributed by atoms with E-state index in [0.29, 0.717) is 25.8 Å². The summed E-state index contributed by atoms with van der Waals surface area (Å²) in [6.07, 6.45) is -1.28. The summed E-state index contributed by atoms with van der Waals surface area (Å²) in [5.41, 5.74) is 2.83. The highest BCUT2D eigenvalue weighted by Gasteiger charge is 2.36. The third-order valence-electron chi connectivity index (χ3n) is 7.68. The molecule has 0 fully saturated rings. The molecule has 0 radical (unpaired) electrons. The highest BCUT2D eigenvalue weighted by Crippen LogP contribution is 2.32. The van der Waals surface area contributed by atoms with E-state index in [2.05, 4.69) is 16.0 Å². The number of carbonyl (C=O) groups is 3. The van der Waals surface area contributed by atoms with E-state index in [0.717, 1.165) is 22.3 Å². The number of nitrogens with one attached hydrogen (secondary N) is 3. The second kappa shape index (κ2) is 15.7. The van der Waals surface area contributed by atoms with Gasteiger partial charge in [-0.05, 0) is 55.9 Å². The van der Waals surface area contributed by atoms with Gasteiger partial charge in [0.1, 0.15) is 11.6 Å². The molecule has 10 heteroatoms. The molecule has 1 unspecified atom stereocenters. The first-order valence-corrected chi connectivity index (χ1v) is 15.3. The monoisotopic (exact) mass is 616 g/mol. The van der Waals surface area contributed by atoms with Crippen molar-refractivity contribution in [3.8, 4) is 0 Å². The molecule has 0 aromatic heterocycles. The number of amides is 3. The van der Waals surface area contributed by atoms with Crippen molar-refractivity contribution >= 4 is 18.4 Å². The number of carbonyl (C=O) groups excluding carboxylic acids is 3. The van der Waals surface area contributed by atoms with Gasteiger partial charge in [-0.25, -0.2) is 4.79 Å². The second-order valence-electron chi connectivity index (χ2n) is 12.4. The number of rotatable bonds is 14. The molecule has 3 amide bonds. The summed E-state index contributed by atoms with van der Waals surface area (Å²) in [5, 5.41) is 31.3. The molecule has 0 aliphatic carbocycles. The Morgan fingerprint density at radius 2 is 1.36 bits per heavy atom. The summed E-state index contributed by atoms with van der Waals surface area (Å²) >= 11 is 0. The van der Waals surface area contributed by atoms with Gasteiger partial charge in [-0.15, -0.1) is 0 Å². The Balaban J connectivity index is 1.42. The Kier molecular flexibility index (Phi) is 11.7. The summed E-state index contributed by atoms with van der Waals surface area (Å²) < 4.78 is 5.42. The van der Waals surface area contributed by atoms with E-state index in [4.69, 9.17) is 4.74 Å². The average Bonchev–Trinajstić information content (AvgIpc) is 3.39. The van der Waals surface area contributed by atoms with Crippen LogP contribution in [0.1, 0.15) is 49.1 Å². The maximum Gasteiger partial charge on any atom is 0.407 e. The molecule has 45 heavy (non-hydrogen) atoms. The molecule has 10 nitrogen and oxygen atoms in total. The maximum absolute atomic E-state index is 13.6. The van der Waals surface area contributed by atoms with Crippen LogP contribution in [0.15, 0.2) is 84.9 Å². The van der Waals surface area contributed by atoms with E-state index in [1.807, 2.05) is 84.9 Å². The smallest absolute Gasteiger partial charge is 0.407 e. The number of aliphatic hydroxyl groups excluding tert-OH is 2. The molecule has 0 spiro atoms. The van der Waals surface area contributed by atoms with Crippen molar-refractivity contribution < 1.29 is 29.3 Å². The maximum atomic E-state index is 13.6. The van der Waals surface area contributed by atoms with Crippen molar-refractivity contribution in [1.82, 2.24) is 20.9 Å². The average molecular weight is 617 g/mol. The first-order valence-electron chi connectivity index (χ1n) is 15.3. The van der Waals surface area contributed by atoms with Crippen LogP contribution in [0.3, 0.4) is 0 Å². The van der Waals surface area contributed by atoms with E-state index in [1.54, 1.807) is 20.8 Å². The standard InChI is InChI=1S/C35H44N4O6/c1-35(2,3)45-34(44)38-29(19-25-14-8-5-9-15-25)31(42)21-36-20-30(41)28(18-24-12-6-4-7-13-24)37-33(43)32-27-17-11-10-16-26(27)22-39(32)23-40/h4-17,23,28-32,36,41-42H,18-22H2,1-3H3,(H,37,43)(H,38,44)/t28-,29-,30+,31+,32?/m0/s1. The number of hydrogen-bond donors (Lipinski definition) is 5. The van der Waals surface area contributed by atoms with Crippen molar-refractivity contribution in [2.45, 2.75) is 76.1 Å². The predicted molar refractivity (Wildman–Crippen MR) is 171 cm³/mol. The number of hydrogen-bond acceptors (Lipinski definition) is 7. The topological polar surface area (TPSA) is 140 Å². The predicted octanol–water partition coefficient (Wildman–Crippen LogP) is 2.87. The van der Waals surface area contributed by atoms with Gasteiger partial charge >= 0.3 is 6.09 Å². The van der Waals surface area contributed by atoms with Crippen molar-refractivity contribution in [3.05, 3.63) is 107 Å². The molecule has 240 valence electrons. The summed E-state index contributed by atoms with van der Waals surface area (Å²) in [6, 6.07) is 24.3. The largest absolute Gasteiger partial charge is 0.444 e. The van der Waals surface area contributed by atoms with E-state index >= 15 is 0 Å². The van der Waals surface area contributed by atoms with E-state index < -0.39 is 42.0 Å². The lowest BCUT2D eigenvalue weighted by atomic mass is 9.98. The lowest BCUT2D eigenvalue weighted by Crippen LogP contribution is -2.53. The molecule has 0 bridgehead atoms. The summed E-state index contributed by atoms with van der Waals surface area (Å²) in [4.78, 5) is 39.5. The van der Waals surface area contributed by atoms with Crippen LogP contribution in [0.4, 0.5) is 4.79 Å². The Bertz CT molecular complexity index is 1400. The molecule has 3 aromatic carbocycles. The fraction of sp³-hybridized carbons (Fsp3) is 0.400. The second-order valence-corrected chi connectivity index (χ2v) is 12.4. The number of benzene rings is 3. The zero-order valence-electron chi connectivity index (χ0n) is 26.1. The highest BCUT2D eigenvalue weighted by atomic mass is 16.6. The number of aliphatic hydroxyl groups is 2. The molecular weight excluding hydrogens is 572 g/mol. The number of fused-ring (bicyclic) bond motifs is 1. The molecule has 0 saturated heterocycles. The number of ether oxygens (including phenoxy) is 1. The van der Waals surface area contributed by atoms with Crippen molar-refractivity contribution in [3.63, 3.8) is 0 Å². The molecule has 1 aliphatic rings. The summed E-state index contributed by atoms with van der Waals surface area (Å²) in [6.45, 7) is 5.76. The molecule has 0 saturated carbocycles. The van der Waals surface area contributed by atoms with Gasteiger partial charge in [-0.1, -0.05) is 84.9 Å². The Hall–Kier alpha value is -4.25. The molecule has 1 aliphatic heterocycles. The van der Waals surface area contributed by atoms with E-state index in [1.165, 1.54) is 4.90 Å². The normalized spacial score (nSPS) is 17.0. The van der Waals surface area contributed by atoms with Gasteiger partial charge in [0.05, 0.1) is 24.3 Å². The van der Waals surface area contributed by atoms with Crippen LogP contribution in [-0.4, -0.2) is 76.5 Å². The van der Waals surface area contributed by atoms with Crippen LogP contribution < -0.4 is 16.0 Å². The fourth-order valence-corrected chi connectivity index (χ4v) is 5.49. The highest BCUT2D eigenvalue weighted by molar-refractivity contribution is 5.86. The minimum atomic E-state index is -1.03. The van der Waals surface area contributed by atoms with Crippen LogP contribution >= 0.6 is 0 Å². The van der Waals surface area contributed by atoms with Crippen molar-refractivity contribution in [2.24, 2.45) is 0 Å². The van der Waals surface area contributed by atoms with E-state index in [-0.39, 0.29) is 19.0 Å². The lowest BCUT2D eigenvalue weighted by molar-refractivity contribution is -0.133. The Labute approximate surface area is 264 Å². The minimum Gasteiger partial charge on any atom is -0.444 e. The third kappa shape index (κ3) is 9.87. The van der Waals surface area contributed by atoms with Gasteiger partial charge in [0.2, 0.25) is 12.3 Å². The number of alkyl carbamates (subject to hydrolysis) is 1. The van der Waals surface area contributed by atoms with Crippen molar-refractivity contribution in [1.29, 1.82) is 0 Å². The molecule has 1 heterocycles. The van der Waals surface area contributed by atoms with Gasteiger partial charge in [0.25, 0.3) is 0 Å². The minimum absolute atomic E-state index is 0.0536. The van der Waals surface area contributed by atoms with Gasteiger partial charge < -0.3 is 35.8 Å². The fourth-order valence-electron chi connectivity index (χ4n) is 5.49.